The maximum Gasteiger partial charge on any atom is 0.416 e. The Bertz CT molecular complexity index is 1040. The molecule has 3 aromatic rings. The highest BCUT2D eigenvalue weighted by atomic mass is 19.4. The SMILES string of the molecule is Cc1oc(-c2cc(C(F)(F)F)cc(C(F)(F)F)c2)nc1COc1cccc(C=O)c1. The Balaban J connectivity index is 1.92. The number of ether oxygens (including phenoxy) is 1. The fourth-order valence-corrected chi connectivity index (χ4v) is 2.59. The first-order valence-corrected chi connectivity index (χ1v) is 8.41. The summed E-state index contributed by atoms with van der Waals surface area (Å²) >= 11 is 0. The number of nitrogens with zero attached hydrogens (tertiary/aromatic N) is 1. The number of alkyl halides is 6. The molecule has 1 heterocycles. The van der Waals surface area contributed by atoms with Gasteiger partial charge in [-0.05, 0) is 37.3 Å². The predicted molar refractivity (Wildman–Crippen MR) is 92.8 cm³/mol. The van der Waals surface area contributed by atoms with Crippen LogP contribution in [0.2, 0.25) is 0 Å². The predicted octanol–water partition coefficient (Wildman–Crippen LogP) is 6.08. The maximum atomic E-state index is 13.0. The topological polar surface area (TPSA) is 52.3 Å². The van der Waals surface area contributed by atoms with Gasteiger partial charge in [0.2, 0.25) is 5.89 Å². The van der Waals surface area contributed by atoms with Crippen molar-refractivity contribution in [3.05, 3.63) is 70.6 Å². The van der Waals surface area contributed by atoms with Crippen molar-refractivity contribution in [1.29, 1.82) is 0 Å². The molecule has 4 nitrogen and oxygen atoms in total. The van der Waals surface area contributed by atoms with Gasteiger partial charge in [0.15, 0.2) is 0 Å². The summed E-state index contributed by atoms with van der Waals surface area (Å²) < 4.78 is 89.0. The monoisotopic (exact) mass is 429 g/mol. The van der Waals surface area contributed by atoms with E-state index in [2.05, 4.69) is 4.98 Å². The first-order valence-electron chi connectivity index (χ1n) is 8.41. The minimum absolute atomic E-state index is 0.0311. The summed E-state index contributed by atoms with van der Waals surface area (Å²) in [5.41, 5.74) is -2.84. The standard InChI is InChI=1S/C20H13F6NO3/c1-11-17(10-29-16-4-2-3-12(5-16)9-28)27-18(30-11)13-6-14(19(21,22)23)8-15(7-13)20(24,25)26/h2-9H,10H2,1H3. The Kier molecular flexibility index (Phi) is 5.60. The van der Waals surface area contributed by atoms with Gasteiger partial charge in [-0.1, -0.05) is 12.1 Å². The number of rotatable bonds is 5. The second-order valence-electron chi connectivity index (χ2n) is 6.30. The number of oxazole rings is 1. The third-order valence-corrected chi connectivity index (χ3v) is 4.10. The van der Waals surface area contributed by atoms with Gasteiger partial charge in [0.05, 0.1) is 11.1 Å². The third-order valence-electron chi connectivity index (χ3n) is 4.10. The zero-order chi connectivity index (χ0) is 22.1. The Morgan fingerprint density at radius 2 is 1.63 bits per heavy atom. The van der Waals surface area contributed by atoms with Crippen LogP contribution in [0.3, 0.4) is 0 Å². The molecule has 3 rings (SSSR count). The minimum Gasteiger partial charge on any atom is -0.487 e. The molecule has 158 valence electrons. The number of hydrogen-bond donors (Lipinski definition) is 0. The molecule has 0 fully saturated rings. The molecule has 0 spiro atoms. The molecule has 30 heavy (non-hydrogen) atoms. The first kappa shape index (κ1) is 21.4. The van der Waals surface area contributed by atoms with Gasteiger partial charge in [-0.3, -0.25) is 4.79 Å². The zero-order valence-corrected chi connectivity index (χ0v) is 15.3. The van der Waals surface area contributed by atoms with Crippen molar-refractivity contribution < 1.29 is 40.3 Å². The molecule has 1 aromatic heterocycles. The number of aromatic nitrogens is 1. The molecule has 0 saturated carbocycles. The number of hydrogen-bond acceptors (Lipinski definition) is 4. The molecule has 0 unspecified atom stereocenters. The van der Waals surface area contributed by atoms with E-state index in [1.807, 2.05) is 0 Å². The normalized spacial score (nSPS) is 12.1. The minimum atomic E-state index is -4.98. The van der Waals surface area contributed by atoms with E-state index in [0.29, 0.717) is 29.7 Å². The van der Waals surface area contributed by atoms with Gasteiger partial charge >= 0.3 is 12.4 Å². The van der Waals surface area contributed by atoms with Crippen molar-refractivity contribution in [1.82, 2.24) is 4.98 Å². The summed E-state index contributed by atoms with van der Waals surface area (Å²) in [5.74, 6) is 0.105. The van der Waals surface area contributed by atoms with Crippen LogP contribution in [0.4, 0.5) is 26.3 Å². The molecule has 0 N–H and O–H groups in total. The Hall–Kier alpha value is -3.30. The van der Waals surface area contributed by atoms with Crippen LogP contribution >= 0.6 is 0 Å². The van der Waals surface area contributed by atoms with Gasteiger partial charge < -0.3 is 9.15 Å². The van der Waals surface area contributed by atoms with Gasteiger partial charge in [-0.15, -0.1) is 0 Å². The number of carbonyl (C=O) groups excluding carboxylic acids is 1. The van der Waals surface area contributed by atoms with Crippen LogP contribution < -0.4 is 4.74 Å². The van der Waals surface area contributed by atoms with E-state index in [-0.39, 0.29) is 24.1 Å². The highest BCUT2D eigenvalue weighted by Crippen LogP contribution is 2.38. The average molecular weight is 429 g/mol. The number of benzene rings is 2. The molecule has 0 saturated heterocycles. The highest BCUT2D eigenvalue weighted by molar-refractivity contribution is 5.75. The largest absolute Gasteiger partial charge is 0.487 e. The van der Waals surface area contributed by atoms with E-state index in [9.17, 15) is 31.1 Å². The summed E-state index contributed by atoms with van der Waals surface area (Å²) in [6.45, 7) is 1.29. The molecule has 0 aliphatic rings. The number of halogens is 6. The lowest BCUT2D eigenvalue weighted by atomic mass is 10.0. The van der Waals surface area contributed by atoms with Crippen molar-refractivity contribution >= 4 is 6.29 Å². The van der Waals surface area contributed by atoms with Gasteiger partial charge in [0.25, 0.3) is 0 Å². The van der Waals surface area contributed by atoms with Gasteiger partial charge in [0.1, 0.15) is 30.1 Å². The molecule has 0 amide bonds. The van der Waals surface area contributed by atoms with Crippen molar-refractivity contribution in [2.45, 2.75) is 25.9 Å². The molecule has 2 aromatic carbocycles. The molecule has 10 heteroatoms. The van der Waals surface area contributed by atoms with Crippen LogP contribution in [-0.2, 0) is 19.0 Å². The summed E-state index contributed by atoms with van der Waals surface area (Å²) in [6, 6.07) is 7.30. The quantitative estimate of drug-likeness (QED) is 0.364. The summed E-state index contributed by atoms with van der Waals surface area (Å²) in [4.78, 5) is 14.8. The number of carbonyl (C=O) groups is 1. The van der Waals surface area contributed by atoms with Crippen LogP contribution in [0.5, 0.6) is 5.75 Å². The van der Waals surface area contributed by atoms with Crippen LogP contribution in [0, 0.1) is 6.92 Å². The molecule has 0 radical (unpaired) electrons. The van der Waals surface area contributed by atoms with Crippen LogP contribution in [0.15, 0.2) is 46.9 Å². The molecule has 0 bridgehead atoms. The van der Waals surface area contributed by atoms with Crippen molar-refractivity contribution in [3.8, 4) is 17.2 Å². The first-order chi connectivity index (χ1) is 14.0. The second-order valence-corrected chi connectivity index (χ2v) is 6.30. The smallest absolute Gasteiger partial charge is 0.416 e. The van der Waals surface area contributed by atoms with E-state index in [1.165, 1.54) is 13.0 Å². The van der Waals surface area contributed by atoms with Crippen molar-refractivity contribution in [3.63, 3.8) is 0 Å². The second kappa shape index (κ2) is 7.85. The molecule has 0 aliphatic carbocycles. The average Bonchev–Trinajstić information content (AvgIpc) is 3.05. The van der Waals surface area contributed by atoms with Crippen LogP contribution in [0.1, 0.15) is 32.9 Å². The highest BCUT2D eigenvalue weighted by Gasteiger charge is 2.37. The van der Waals surface area contributed by atoms with E-state index in [0.717, 1.165) is 0 Å². The van der Waals surface area contributed by atoms with E-state index >= 15 is 0 Å². The summed E-state index contributed by atoms with van der Waals surface area (Å²) in [7, 11) is 0. The number of aldehydes is 1. The van der Waals surface area contributed by atoms with E-state index in [4.69, 9.17) is 9.15 Å². The zero-order valence-electron chi connectivity index (χ0n) is 15.3. The Morgan fingerprint density at radius 1 is 1.00 bits per heavy atom. The van der Waals surface area contributed by atoms with E-state index in [1.54, 1.807) is 18.2 Å². The van der Waals surface area contributed by atoms with Crippen LogP contribution in [-0.4, -0.2) is 11.3 Å². The lowest BCUT2D eigenvalue weighted by Gasteiger charge is -2.13. The van der Waals surface area contributed by atoms with Gasteiger partial charge in [0, 0.05) is 11.1 Å². The Labute approximate surface area is 166 Å². The fraction of sp³-hybridized carbons (Fsp3) is 0.200. The summed E-state index contributed by atoms with van der Waals surface area (Å²) in [6.07, 6.45) is -9.33. The maximum absolute atomic E-state index is 13.0. The van der Waals surface area contributed by atoms with Crippen molar-refractivity contribution in [2.75, 3.05) is 0 Å². The van der Waals surface area contributed by atoms with Gasteiger partial charge in [-0.2, -0.15) is 26.3 Å². The Morgan fingerprint density at radius 3 is 2.20 bits per heavy atom. The third kappa shape index (κ3) is 4.81. The molecule has 0 atom stereocenters. The van der Waals surface area contributed by atoms with Crippen LogP contribution in [0.25, 0.3) is 11.5 Å². The number of aryl methyl sites for hydroxylation is 1. The fourth-order valence-electron chi connectivity index (χ4n) is 2.59. The molecular formula is C20H13F6NO3. The summed E-state index contributed by atoms with van der Waals surface area (Å²) in [5, 5.41) is 0. The molecule has 0 aliphatic heterocycles. The van der Waals surface area contributed by atoms with E-state index < -0.39 is 34.9 Å². The van der Waals surface area contributed by atoms with Gasteiger partial charge in [-0.25, -0.2) is 4.98 Å². The van der Waals surface area contributed by atoms with Crippen molar-refractivity contribution in [2.24, 2.45) is 0 Å². The lowest BCUT2D eigenvalue weighted by molar-refractivity contribution is -0.143. The molecular weight excluding hydrogens is 416 g/mol. The lowest BCUT2D eigenvalue weighted by Crippen LogP contribution is -2.11.